The van der Waals surface area contributed by atoms with E-state index >= 15 is 0 Å². The van der Waals surface area contributed by atoms with Crippen LogP contribution < -0.4 is 10.6 Å². The van der Waals surface area contributed by atoms with Crippen molar-refractivity contribution >= 4 is 16.8 Å². The van der Waals surface area contributed by atoms with Gasteiger partial charge in [-0.1, -0.05) is 18.2 Å². The van der Waals surface area contributed by atoms with Crippen LogP contribution in [0.1, 0.15) is 22.5 Å². The lowest BCUT2D eigenvalue weighted by Gasteiger charge is -2.32. The number of piperidine rings is 1. The summed E-state index contributed by atoms with van der Waals surface area (Å²) in [7, 11) is 0. The van der Waals surface area contributed by atoms with E-state index < -0.39 is 24.4 Å². The number of H-pyrrole nitrogens is 1. The molecule has 0 spiro atoms. The van der Waals surface area contributed by atoms with Gasteiger partial charge in [-0.3, -0.25) is 4.79 Å². The highest BCUT2D eigenvalue weighted by molar-refractivity contribution is 6.08. The summed E-state index contributed by atoms with van der Waals surface area (Å²) in [5.74, 6) is -3.37. The van der Waals surface area contributed by atoms with Crippen LogP contribution in [0.3, 0.4) is 0 Å². The second kappa shape index (κ2) is 5.11. The van der Waals surface area contributed by atoms with E-state index in [1.807, 2.05) is 24.3 Å². The van der Waals surface area contributed by atoms with Crippen molar-refractivity contribution in [3.05, 3.63) is 35.5 Å². The van der Waals surface area contributed by atoms with Gasteiger partial charge in [-0.05, 0) is 26.0 Å². The highest BCUT2D eigenvalue weighted by Gasteiger charge is 2.42. The molecule has 0 bridgehead atoms. The summed E-state index contributed by atoms with van der Waals surface area (Å²) < 4.78 is 27.6. The lowest BCUT2D eigenvalue weighted by molar-refractivity contribution is -0.0487. The van der Waals surface area contributed by atoms with Crippen LogP contribution in [-0.2, 0) is 0 Å². The van der Waals surface area contributed by atoms with E-state index in [9.17, 15) is 13.6 Å². The molecular weight excluding hydrogens is 276 g/mol. The predicted octanol–water partition coefficient (Wildman–Crippen LogP) is 2.20. The monoisotopic (exact) mass is 293 g/mol. The molecule has 1 unspecified atom stereocenters. The fourth-order valence-corrected chi connectivity index (χ4v) is 2.81. The third kappa shape index (κ3) is 2.51. The van der Waals surface area contributed by atoms with Gasteiger partial charge in [0.05, 0.1) is 18.2 Å². The third-order valence-electron chi connectivity index (χ3n) is 3.91. The Hall–Kier alpha value is -1.95. The molecule has 1 atom stereocenters. The van der Waals surface area contributed by atoms with Gasteiger partial charge in [0.15, 0.2) is 0 Å². The molecule has 0 radical (unpaired) electrons. The molecular formula is C15H17F2N3O. The minimum atomic E-state index is -2.92. The molecule has 1 aliphatic heterocycles. The molecule has 4 nitrogen and oxygen atoms in total. The van der Waals surface area contributed by atoms with E-state index in [0.29, 0.717) is 17.8 Å². The van der Waals surface area contributed by atoms with Gasteiger partial charge < -0.3 is 15.6 Å². The fraction of sp³-hybridized carbons (Fsp3) is 0.400. The van der Waals surface area contributed by atoms with Crippen molar-refractivity contribution in [3.8, 4) is 0 Å². The minimum Gasteiger partial charge on any atom is -0.358 e. The summed E-state index contributed by atoms with van der Waals surface area (Å²) in [5.41, 5.74) is 1.96. The van der Waals surface area contributed by atoms with Crippen LogP contribution in [0.2, 0.25) is 0 Å². The second-order valence-corrected chi connectivity index (χ2v) is 5.42. The van der Waals surface area contributed by atoms with Crippen LogP contribution in [-0.4, -0.2) is 35.9 Å². The maximum absolute atomic E-state index is 13.8. The first-order valence-electron chi connectivity index (χ1n) is 6.96. The Balaban J connectivity index is 1.89. The van der Waals surface area contributed by atoms with Crippen LogP contribution in [0.5, 0.6) is 0 Å². The Morgan fingerprint density at radius 2 is 2.14 bits per heavy atom. The average molecular weight is 293 g/mol. The first kappa shape index (κ1) is 14.0. The molecule has 112 valence electrons. The number of carbonyl (C=O) groups is 1. The molecule has 2 aromatic rings. The van der Waals surface area contributed by atoms with Crippen molar-refractivity contribution in [2.75, 3.05) is 13.1 Å². The molecule has 0 saturated carbocycles. The van der Waals surface area contributed by atoms with Gasteiger partial charge in [0.25, 0.3) is 11.8 Å². The Morgan fingerprint density at radius 1 is 1.38 bits per heavy atom. The number of aromatic amines is 1. The summed E-state index contributed by atoms with van der Waals surface area (Å²) in [5, 5.41) is 5.90. The second-order valence-electron chi connectivity index (χ2n) is 5.42. The van der Waals surface area contributed by atoms with Gasteiger partial charge >= 0.3 is 0 Å². The summed E-state index contributed by atoms with van der Waals surface area (Å²) in [6.07, 6.45) is 0.222. The largest absolute Gasteiger partial charge is 0.358 e. The van der Waals surface area contributed by atoms with Gasteiger partial charge in [0.2, 0.25) is 0 Å². The SMILES string of the molecule is Cc1[nH]c2ccccc2c1C(=O)NC1CCNCC1(F)F. The lowest BCUT2D eigenvalue weighted by Crippen LogP contribution is -2.57. The number of alkyl halides is 2. The number of para-hydroxylation sites is 1. The van der Waals surface area contributed by atoms with E-state index in [4.69, 9.17) is 0 Å². The van der Waals surface area contributed by atoms with Gasteiger partial charge in [0.1, 0.15) is 0 Å². The van der Waals surface area contributed by atoms with Crippen molar-refractivity contribution in [2.24, 2.45) is 0 Å². The van der Waals surface area contributed by atoms with Gasteiger partial charge in [-0.2, -0.15) is 0 Å². The molecule has 1 saturated heterocycles. The number of carbonyl (C=O) groups excluding carboxylic acids is 1. The topological polar surface area (TPSA) is 56.9 Å². The number of fused-ring (bicyclic) bond motifs is 1. The highest BCUT2D eigenvalue weighted by Crippen LogP contribution is 2.26. The van der Waals surface area contributed by atoms with Crippen LogP contribution >= 0.6 is 0 Å². The zero-order valence-electron chi connectivity index (χ0n) is 11.7. The van der Waals surface area contributed by atoms with E-state index in [0.717, 1.165) is 10.9 Å². The summed E-state index contributed by atoms with van der Waals surface area (Å²) in [4.78, 5) is 15.5. The van der Waals surface area contributed by atoms with E-state index in [2.05, 4.69) is 15.6 Å². The zero-order valence-corrected chi connectivity index (χ0v) is 11.7. The minimum absolute atomic E-state index is 0.222. The Kier molecular flexibility index (Phi) is 3.41. The van der Waals surface area contributed by atoms with Crippen LogP contribution in [0, 0.1) is 6.92 Å². The number of aromatic nitrogens is 1. The molecule has 1 aromatic heterocycles. The molecule has 1 aromatic carbocycles. The van der Waals surface area contributed by atoms with E-state index in [1.54, 1.807) is 6.92 Å². The van der Waals surface area contributed by atoms with Crippen molar-refractivity contribution < 1.29 is 13.6 Å². The van der Waals surface area contributed by atoms with Crippen molar-refractivity contribution in [1.29, 1.82) is 0 Å². The van der Waals surface area contributed by atoms with E-state index in [-0.39, 0.29) is 6.42 Å². The standard InChI is InChI=1S/C15H17F2N3O/c1-9-13(10-4-2-3-5-11(10)19-9)14(21)20-12-6-7-18-8-15(12,16)17/h2-5,12,18-19H,6-8H2,1H3,(H,20,21). The van der Waals surface area contributed by atoms with Crippen LogP contribution in [0.4, 0.5) is 8.78 Å². The fourth-order valence-electron chi connectivity index (χ4n) is 2.81. The number of amides is 1. The first-order chi connectivity index (χ1) is 9.99. The number of rotatable bonds is 2. The Morgan fingerprint density at radius 3 is 2.90 bits per heavy atom. The summed E-state index contributed by atoms with van der Waals surface area (Å²) in [6.45, 7) is 1.85. The first-order valence-corrected chi connectivity index (χ1v) is 6.96. The average Bonchev–Trinajstić information content (AvgIpc) is 2.77. The number of benzene rings is 1. The number of hydrogen-bond donors (Lipinski definition) is 3. The Labute approximate surface area is 120 Å². The third-order valence-corrected chi connectivity index (χ3v) is 3.91. The van der Waals surface area contributed by atoms with Crippen LogP contribution in [0.25, 0.3) is 10.9 Å². The number of halogens is 2. The van der Waals surface area contributed by atoms with Crippen molar-refractivity contribution in [3.63, 3.8) is 0 Å². The molecule has 2 heterocycles. The summed E-state index contributed by atoms with van der Waals surface area (Å²) >= 11 is 0. The van der Waals surface area contributed by atoms with Gasteiger partial charge in [0, 0.05) is 16.6 Å². The molecule has 3 rings (SSSR count). The van der Waals surface area contributed by atoms with Crippen molar-refractivity contribution in [2.45, 2.75) is 25.3 Å². The highest BCUT2D eigenvalue weighted by atomic mass is 19.3. The maximum Gasteiger partial charge on any atom is 0.280 e. The van der Waals surface area contributed by atoms with E-state index in [1.165, 1.54) is 0 Å². The molecule has 0 aliphatic carbocycles. The number of aryl methyl sites for hydroxylation is 1. The van der Waals surface area contributed by atoms with Crippen LogP contribution in [0.15, 0.2) is 24.3 Å². The normalized spacial score (nSPS) is 21.4. The number of hydrogen-bond acceptors (Lipinski definition) is 2. The van der Waals surface area contributed by atoms with Gasteiger partial charge in [-0.25, -0.2) is 8.78 Å². The summed E-state index contributed by atoms with van der Waals surface area (Å²) in [6, 6.07) is 6.23. The number of nitrogens with one attached hydrogen (secondary N) is 3. The molecule has 1 fully saturated rings. The smallest absolute Gasteiger partial charge is 0.280 e. The molecule has 21 heavy (non-hydrogen) atoms. The predicted molar refractivity (Wildman–Crippen MR) is 76.7 cm³/mol. The zero-order chi connectivity index (χ0) is 15.0. The molecule has 1 aliphatic rings. The molecule has 3 N–H and O–H groups in total. The quantitative estimate of drug-likeness (QED) is 0.795. The molecule has 6 heteroatoms. The Bertz CT molecular complexity index is 681. The maximum atomic E-state index is 13.8. The molecule has 1 amide bonds. The lowest BCUT2D eigenvalue weighted by atomic mass is 10.0. The van der Waals surface area contributed by atoms with Crippen molar-refractivity contribution in [1.82, 2.24) is 15.6 Å². The van der Waals surface area contributed by atoms with Gasteiger partial charge in [-0.15, -0.1) is 0 Å².